The Morgan fingerprint density at radius 1 is 0.830 bits per heavy atom. The Kier molecular flexibility index (Phi) is 22.7. The summed E-state index contributed by atoms with van der Waals surface area (Å²) in [5, 5.41) is 13.0. The summed E-state index contributed by atoms with van der Waals surface area (Å²) >= 11 is 0. The van der Waals surface area contributed by atoms with Gasteiger partial charge in [0.05, 0.1) is 14.5 Å². The molecule has 0 aliphatic heterocycles. The van der Waals surface area contributed by atoms with Gasteiger partial charge in [-0.15, -0.1) is 0 Å². The zero-order valence-corrected chi connectivity index (χ0v) is 35.9. The van der Waals surface area contributed by atoms with Crippen molar-refractivity contribution in [2.45, 2.75) is 171 Å². The van der Waals surface area contributed by atoms with Crippen molar-refractivity contribution in [1.82, 2.24) is 0 Å². The molecule has 0 aromatic heterocycles. The number of nitrogens with one attached hydrogen (secondary N) is 1. The normalized spacial score (nSPS) is 17.9. The molecule has 3 aromatic rings. The molecule has 3 aromatic carbocycles. The van der Waals surface area contributed by atoms with Crippen LogP contribution >= 0.6 is 0 Å². The highest BCUT2D eigenvalue weighted by Gasteiger charge is 2.24. The van der Waals surface area contributed by atoms with Crippen LogP contribution in [-0.2, 0) is 12.8 Å². The molecule has 2 radical (unpaired) electrons. The molecule has 3 nitrogen and oxygen atoms in total. The average molecular weight is 724 g/mol. The first-order valence-corrected chi connectivity index (χ1v) is 21.7. The molecule has 0 spiro atoms. The molecule has 4 heteroatoms. The number of ether oxygens (including phenoxy) is 1. The third-order valence-electron chi connectivity index (χ3n) is 11.4. The molecular weight excluding hydrogens is 645 g/mol. The molecule has 294 valence electrons. The SMILES string of the molecule is CC1CCC(C)CC1.CCCNc1cccc(-c2cccc3c2CCC3CC)c1C.CCOc1cc(C)c(O)cc1CC.[B]CCCC(C)CCCC. The second-order valence-corrected chi connectivity index (χ2v) is 16.0. The quantitative estimate of drug-likeness (QED) is 0.163. The van der Waals surface area contributed by atoms with Crippen LogP contribution in [0.25, 0.3) is 11.1 Å². The fraction of sp³-hybridized carbons (Fsp3) is 0.633. The third kappa shape index (κ3) is 15.8. The second-order valence-electron chi connectivity index (χ2n) is 16.0. The van der Waals surface area contributed by atoms with E-state index in [-0.39, 0.29) is 0 Å². The largest absolute Gasteiger partial charge is 0.508 e. The average Bonchev–Trinajstić information content (AvgIpc) is 3.60. The minimum atomic E-state index is 0.348. The number of anilines is 1. The molecule has 0 heterocycles. The highest BCUT2D eigenvalue weighted by atomic mass is 16.5. The van der Waals surface area contributed by atoms with Crippen LogP contribution in [0.4, 0.5) is 5.69 Å². The molecule has 53 heavy (non-hydrogen) atoms. The van der Waals surface area contributed by atoms with E-state index >= 15 is 0 Å². The minimum absolute atomic E-state index is 0.348. The monoisotopic (exact) mass is 724 g/mol. The van der Waals surface area contributed by atoms with Crippen LogP contribution in [-0.4, -0.2) is 26.1 Å². The van der Waals surface area contributed by atoms with Gasteiger partial charge in [-0.05, 0) is 134 Å². The Morgan fingerprint density at radius 2 is 1.47 bits per heavy atom. The molecule has 2 aliphatic carbocycles. The van der Waals surface area contributed by atoms with Crippen molar-refractivity contribution < 1.29 is 9.84 Å². The molecule has 2 unspecified atom stereocenters. The second kappa shape index (κ2) is 26.0. The van der Waals surface area contributed by atoms with E-state index in [0.717, 1.165) is 66.3 Å². The molecule has 2 atom stereocenters. The van der Waals surface area contributed by atoms with Crippen molar-refractivity contribution in [3.8, 4) is 22.6 Å². The van der Waals surface area contributed by atoms with Crippen molar-refractivity contribution in [1.29, 1.82) is 0 Å². The fourth-order valence-electron chi connectivity index (χ4n) is 7.66. The van der Waals surface area contributed by atoms with Crippen molar-refractivity contribution in [2.24, 2.45) is 17.8 Å². The van der Waals surface area contributed by atoms with Crippen molar-refractivity contribution in [3.05, 3.63) is 76.3 Å². The lowest BCUT2D eigenvalue weighted by atomic mass is 9.84. The van der Waals surface area contributed by atoms with E-state index in [9.17, 15) is 5.11 Å². The van der Waals surface area contributed by atoms with Crippen molar-refractivity contribution in [2.75, 3.05) is 18.5 Å². The number of benzene rings is 3. The molecule has 0 bridgehead atoms. The topological polar surface area (TPSA) is 41.5 Å². The van der Waals surface area contributed by atoms with Gasteiger partial charge in [0, 0.05) is 12.2 Å². The van der Waals surface area contributed by atoms with Gasteiger partial charge in [0.1, 0.15) is 11.5 Å². The molecule has 2 aliphatic rings. The van der Waals surface area contributed by atoms with Crippen molar-refractivity contribution in [3.63, 3.8) is 0 Å². The first kappa shape index (κ1) is 46.3. The Hall–Kier alpha value is -2.88. The summed E-state index contributed by atoms with van der Waals surface area (Å²) in [4.78, 5) is 0. The van der Waals surface area contributed by atoms with Gasteiger partial charge in [0.25, 0.3) is 0 Å². The minimum Gasteiger partial charge on any atom is -0.508 e. The lowest BCUT2D eigenvalue weighted by Crippen LogP contribution is -2.08. The van der Waals surface area contributed by atoms with Crippen LogP contribution in [0.2, 0.25) is 6.32 Å². The number of aromatic hydroxyl groups is 1. The summed E-state index contributed by atoms with van der Waals surface area (Å²) < 4.78 is 5.45. The predicted octanol–water partition coefficient (Wildman–Crippen LogP) is 14.6. The van der Waals surface area contributed by atoms with Crippen LogP contribution in [0.1, 0.15) is 166 Å². The van der Waals surface area contributed by atoms with Crippen LogP contribution in [0.3, 0.4) is 0 Å². The third-order valence-corrected chi connectivity index (χ3v) is 11.4. The van der Waals surface area contributed by atoms with E-state index in [4.69, 9.17) is 12.6 Å². The van der Waals surface area contributed by atoms with Gasteiger partial charge in [0.2, 0.25) is 0 Å². The smallest absolute Gasteiger partial charge is 0.122 e. The highest BCUT2D eigenvalue weighted by molar-refractivity contribution is 6.08. The van der Waals surface area contributed by atoms with E-state index < -0.39 is 0 Å². The van der Waals surface area contributed by atoms with E-state index in [2.05, 4.69) is 90.2 Å². The van der Waals surface area contributed by atoms with Gasteiger partial charge in [-0.2, -0.15) is 0 Å². The Labute approximate surface area is 328 Å². The Balaban J connectivity index is 0.000000268. The van der Waals surface area contributed by atoms with E-state index in [1.165, 1.54) is 99.4 Å². The van der Waals surface area contributed by atoms with Gasteiger partial charge in [0.15, 0.2) is 0 Å². The molecular formula is C49H78BNO2. The summed E-state index contributed by atoms with van der Waals surface area (Å²) in [5.74, 6) is 4.93. The standard InChI is InChI=1S/C21H27N.C11H16O2.C9H19B.C8H16/c1-4-14-22-21-11-7-8-17(15(21)3)19-10-6-9-18-16(5-2)12-13-20(18)19;1-4-9-7-10(12)8(3)6-11(9)13-5-2;1-3-4-6-9(2)7-5-8-10;1-7-3-5-8(2)6-4-7/h6-11,16,22H,4-5,12-14H2,1-3H3;6-7,12H,4-5H2,1-3H3;9H,3-8H2,1-2H3;7-8H,3-6H2,1-2H3. The number of hydrogen-bond acceptors (Lipinski definition) is 3. The fourth-order valence-corrected chi connectivity index (χ4v) is 7.66. The van der Waals surface area contributed by atoms with Crippen molar-refractivity contribution >= 4 is 13.5 Å². The number of rotatable bonds is 14. The van der Waals surface area contributed by atoms with Gasteiger partial charge >= 0.3 is 0 Å². The maximum atomic E-state index is 9.47. The summed E-state index contributed by atoms with van der Waals surface area (Å²) in [6.45, 7) is 23.7. The summed E-state index contributed by atoms with van der Waals surface area (Å²) in [6, 6.07) is 17.2. The van der Waals surface area contributed by atoms with Crippen LogP contribution in [0.5, 0.6) is 11.5 Å². The Bertz CT molecular complexity index is 1410. The van der Waals surface area contributed by atoms with E-state index in [1.54, 1.807) is 17.2 Å². The number of aryl methyl sites for hydroxylation is 2. The molecule has 0 saturated heterocycles. The van der Waals surface area contributed by atoms with Gasteiger partial charge in [-0.1, -0.05) is 143 Å². The molecule has 2 N–H and O–H groups in total. The number of phenolic OH excluding ortho intramolecular Hbond substituents is 1. The number of unbranched alkanes of at least 4 members (excludes halogenated alkanes) is 1. The zero-order valence-electron chi connectivity index (χ0n) is 35.9. The van der Waals surface area contributed by atoms with E-state index in [1.807, 2.05) is 26.8 Å². The predicted molar refractivity (Wildman–Crippen MR) is 235 cm³/mol. The van der Waals surface area contributed by atoms with Gasteiger partial charge in [-0.25, -0.2) is 0 Å². The first-order chi connectivity index (χ1) is 25.5. The van der Waals surface area contributed by atoms with Gasteiger partial charge in [-0.3, -0.25) is 0 Å². The molecule has 1 fully saturated rings. The van der Waals surface area contributed by atoms with Crippen LogP contribution < -0.4 is 10.1 Å². The van der Waals surface area contributed by atoms with Gasteiger partial charge < -0.3 is 15.2 Å². The maximum absolute atomic E-state index is 9.47. The molecule has 0 amide bonds. The number of fused-ring (bicyclic) bond motifs is 1. The molecule has 1 saturated carbocycles. The van der Waals surface area contributed by atoms with E-state index in [0.29, 0.717) is 12.4 Å². The summed E-state index contributed by atoms with van der Waals surface area (Å²) in [7, 11) is 5.41. The number of phenols is 1. The Morgan fingerprint density at radius 3 is 2.06 bits per heavy atom. The summed E-state index contributed by atoms with van der Waals surface area (Å²) in [6.07, 6.45) is 19.2. The lowest BCUT2D eigenvalue weighted by Gasteiger charge is -2.22. The lowest BCUT2D eigenvalue weighted by molar-refractivity contribution is 0.308. The van der Waals surface area contributed by atoms with Crippen LogP contribution in [0, 0.1) is 31.6 Å². The maximum Gasteiger partial charge on any atom is 0.122 e. The molecule has 5 rings (SSSR count). The number of hydrogen-bond donors (Lipinski definition) is 2. The zero-order chi connectivity index (χ0) is 39.2. The summed E-state index contributed by atoms with van der Waals surface area (Å²) in [5.41, 5.74) is 10.6. The first-order valence-electron chi connectivity index (χ1n) is 21.7. The van der Waals surface area contributed by atoms with Crippen LogP contribution in [0.15, 0.2) is 48.5 Å². The highest BCUT2D eigenvalue weighted by Crippen LogP contribution is 2.42.